The van der Waals surface area contributed by atoms with Gasteiger partial charge in [0.15, 0.2) is 27.3 Å². The third-order valence-electron chi connectivity index (χ3n) is 6.40. The third-order valence-corrected chi connectivity index (χ3v) is 8.47. The van der Waals surface area contributed by atoms with Crippen molar-refractivity contribution in [1.82, 2.24) is 34.5 Å². The number of sulfone groups is 1. The van der Waals surface area contributed by atoms with Crippen LogP contribution < -0.4 is 14.4 Å². The van der Waals surface area contributed by atoms with Crippen molar-refractivity contribution < 1.29 is 22.3 Å². The number of aryl methyl sites for hydroxylation is 1. The average Bonchev–Trinajstić information content (AvgIpc) is 3.54. The third kappa shape index (κ3) is 4.90. The molecule has 14 heteroatoms. The summed E-state index contributed by atoms with van der Waals surface area (Å²) in [5.41, 5.74) is 0.979. The lowest BCUT2D eigenvalue weighted by Crippen LogP contribution is -2.43. The van der Waals surface area contributed by atoms with Crippen molar-refractivity contribution in [2.24, 2.45) is 7.05 Å². The van der Waals surface area contributed by atoms with Crippen LogP contribution in [0.4, 0.5) is 10.3 Å². The van der Waals surface area contributed by atoms with Crippen molar-refractivity contribution in [3.8, 4) is 28.7 Å². The van der Waals surface area contributed by atoms with Gasteiger partial charge >= 0.3 is 0 Å². The van der Waals surface area contributed by atoms with E-state index in [9.17, 15) is 12.8 Å². The van der Waals surface area contributed by atoms with Crippen molar-refractivity contribution in [2.75, 3.05) is 32.2 Å². The summed E-state index contributed by atoms with van der Waals surface area (Å²) in [4.78, 5) is 9.79. The minimum atomic E-state index is -3.72. The summed E-state index contributed by atoms with van der Waals surface area (Å²) >= 11 is 0. The molecule has 0 aliphatic carbocycles. The van der Waals surface area contributed by atoms with E-state index in [1.54, 1.807) is 51.7 Å². The van der Waals surface area contributed by atoms with Crippen molar-refractivity contribution >= 4 is 15.8 Å². The van der Waals surface area contributed by atoms with E-state index in [4.69, 9.17) is 9.47 Å². The highest BCUT2D eigenvalue weighted by molar-refractivity contribution is 7.91. The van der Waals surface area contributed by atoms with Gasteiger partial charge < -0.3 is 14.4 Å². The van der Waals surface area contributed by atoms with Gasteiger partial charge in [-0.15, -0.1) is 10.2 Å². The predicted octanol–water partition coefficient (Wildman–Crippen LogP) is 2.20. The van der Waals surface area contributed by atoms with Crippen LogP contribution in [0, 0.1) is 5.82 Å². The second kappa shape index (κ2) is 10.4. The summed E-state index contributed by atoms with van der Waals surface area (Å²) in [6, 6.07) is 7.04. The van der Waals surface area contributed by atoms with Crippen LogP contribution in [-0.2, 0) is 22.6 Å². The van der Waals surface area contributed by atoms with Gasteiger partial charge in [0.25, 0.3) is 0 Å². The molecule has 200 valence electrons. The summed E-state index contributed by atoms with van der Waals surface area (Å²) in [6.07, 6.45) is 5.00. The quantitative estimate of drug-likeness (QED) is 0.327. The molecule has 3 aromatic heterocycles. The van der Waals surface area contributed by atoms with Gasteiger partial charge in [0.05, 0.1) is 31.9 Å². The van der Waals surface area contributed by atoms with Crippen LogP contribution in [-0.4, -0.2) is 75.5 Å². The van der Waals surface area contributed by atoms with E-state index in [-0.39, 0.29) is 18.1 Å². The fourth-order valence-electron chi connectivity index (χ4n) is 4.58. The maximum atomic E-state index is 13.7. The average molecular weight is 543 g/mol. The molecule has 0 spiro atoms. The molecule has 1 aromatic carbocycles. The number of nitrogens with zero attached hydrogens (tertiary/aromatic N) is 8. The summed E-state index contributed by atoms with van der Waals surface area (Å²) in [6.45, 7) is 0.767. The molecular weight excluding hydrogens is 515 g/mol. The number of rotatable bonds is 8. The molecule has 1 saturated heterocycles. The SMILES string of the molecule is COc1cccc(OC)c1-n1c(CS(=O)(=O)[C@@H]2CCCN(c3ncc(F)cn3)C2)nnc1-c1ccn(C)n1. The van der Waals surface area contributed by atoms with Crippen molar-refractivity contribution in [2.45, 2.75) is 23.8 Å². The van der Waals surface area contributed by atoms with Crippen molar-refractivity contribution in [1.29, 1.82) is 0 Å². The molecule has 0 unspecified atom stereocenters. The van der Waals surface area contributed by atoms with Gasteiger partial charge in [-0.3, -0.25) is 9.25 Å². The summed E-state index contributed by atoms with van der Waals surface area (Å²) < 4.78 is 55.2. The molecule has 1 atom stereocenters. The Morgan fingerprint density at radius 1 is 1.08 bits per heavy atom. The fourth-order valence-corrected chi connectivity index (χ4v) is 6.29. The summed E-state index contributed by atoms with van der Waals surface area (Å²) in [5, 5.41) is 12.4. The van der Waals surface area contributed by atoms with E-state index in [2.05, 4.69) is 25.3 Å². The van der Waals surface area contributed by atoms with Gasteiger partial charge in [-0.05, 0) is 31.0 Å². The molecule has 1 aliphatic heterocycles. The minimum Gasteiger partial charge on any atom is -0.494 e. The summed E-state index contributed by atoms with van der Waals surface area (Å²) in [7, 11) is 1.10. The standard InChI is InChI=1S/C24H27FN8O4S/c1-31-11-9-18(30-31)23-29-28-21(33(23)22-19(36-2)7-4-8-20(22)37-3)15-38(34,35)17-6-5-10-32(14-17)24-26-12-16(25)13-27-24/h4,7-9,11-13,17H,5-6,10,14-15H2,1-3H3/t17-/m1/s1. The van der Waals surface area contributed by atoms with E-state index >= 15 is 0 Å². The number of halogens is 1. The largest absolute Gasteiger partial charge is 0.494 e. The van der Waals surface area contributed by atoms with Crippen LogP contribution in [0.2, 0.25) is 0 Å². The first kappa shape index (κ1) is 25.6. The molecule has 0 radical (unpaired) electrons. The monoisotopic (exact) mass is 542 g/mol. The van der Waals surface area contributed by atoms with Crippen LogP contribution in [0.25, 0.3) is 17.2 Å². The zero-order valence-electron chi connectivity index (χ0n) is 21.2. The van der Waals surface area contributed by atoms with Crippen LogP contribution in [0.1, 0.15) is 18.7 Å². The first-order valence-corrected chi connectivity index (χ1v) is 13.6. The number of hydrogen-bond acceptors (Lipinski definition) is 10. The van der Waals surface area contributed by atoms with E-state index < -0.39 is 20.9 Å². The number of para-hydroxylation sites is 1. The van der Waals surface area contributed by atoms with E-state index in [1.165, 1.54) is 14.2 Å². The number of benzene rings is 1. The minimum absolute atomic E-state index is 0.188. The van der Waals surface area contributed by atoms with E-state index in [0.29, 0.717) is 54.0 Å². The molecule has 12 nitrogen and oxygen atoms in total. The fraction of sp³-hybridized carbons (Fsp3) is 0.375. The Balaban J connectivity index is 1.54. The molecule has 0 saturated carbocycles. The van der Waals surface area contributed by atoms with Crippen LogP contribution in [0.5, 0.6) is 11.5 Å². The maximum Gasteiger partial charge on any atom is 0.225 e. The van der Waals surface area contributed by atoms with Gasteiger partial charge in [-0.2, -0.15) is 5.10 Å². The Morgan fingerprint density at radius 2 is 1.79 bits per heavy atom. The first-order valence-electron chi connectivity index (χ1n) is 11.9. The molecule has 1 aliphatic rings. The Hall–Kier alpha value is -4.07. The Labute approximate surface area is 219 Å². The van der Waals surface area contributed by atoms with Gasteiger partial charge in [0.1, 0.15) is 28.6 Å². The number of aromatic nitrogens is 7. The van der Waals surface area contributed by atoms with Gasteiger partial charge in [-0.1, -0.05) is 6.07 Å². The molecule has 0 N–H and O–H groups in total. The van der Waals surface area contributed by atoms with Gasteiger partial charge in [0, 0.05) is 26.3 Å². The predicted molar refractivity (Wildman–Crippen MR) is 137 cm³/mol. The zero-order chi connectivity index (χ0) is 26.9. The highest BCUT2D eigenvalue weighted by Crippen LogP contribution is 2.36. The lowest BCUT2D eigenvalue weighted by Gasteiger charge is -2.32. The zero-order valence-corrected chi connectivity index (χ0v) is 22.0. The topological polar surface area (TPSA) is 130 Å². The summed E-state index contributed by atoms with van der Waals surface area (Å²) in [5.74, 6) is 0.828. The Morgan fingerprint density at radius 3 is 2.42 bits per heavy atom. The molecular formula is C24H27FN8O4S. The number of hydrogen-bond donors (Lipinski definition) is 0. The maximum absolute atomic E-state index is 13.7. The van der Waals surface area contributed by atoms with E-state index in [1.807, 2.05) is 0 Å². The van der Waals surface area contributed by atoms with Crippen molar-refractivity contribution in [3.63, 3.8) is 0 Å². The molecule has 0 amide bonds. The smallest absolute Gasteiger partial charge is 0.225 e. The molecule has 4 heterocycles. The van der Waals surface area contributed by atoms with Crippen molar-refractivity contribution in [3.05, 3.63) is 54.5 Å². The van der Waals surface area contributed by atoms with Crippen LogP contribution >= 0.6 is 0 Å². The van der Waals surface area contributed by atoms with E-state index in [0.717, 1.165) is 12.4 Å². The van der Waals surface area contributed by atoms with Gasteiger partial charge in [-0.25, -0.2) is 22.8 Å². The molecule has 38 heavy (non-hydrogen) atoms. The lowest BCUT2D eigenvalue weighted by atomic mass is 10.1. The first-order chi connectivity index (χ1) is 18.3. The highest BCUT2D eigenvalue weighted by atomic mass is 32.2. The molecule has 1 fully saturated rings. The second-order valence-corrected chi connectivity index (χ2v) is 11.2. The number of ether oxygens (including phenoxy) is 2. The number of methoxy groups -OCH3 is 2. The molecule has 4 aromatic rings. The second-order valence-electron chi connectivity index (χ2n) is 8.88. The Bertz CT molecular complexity index is 1510. The number of anilines is 1. The Kier molecular flexibility index (Phi) is 6.97. The highest BCUT2D eigenvalue weighted by Gasteiger charge is 2.34. The van der Waals surface area contributed by atoms with Crippen LogP contribution in [0.3, 0.4) is 0 Å². The van der Waals surface area contributed by atoms with Crippen LogP contribution in [0.15, 0.2) is 42.9 Å². The number of piperidine rings is 1. The molecule has 0 bridgehead atoms. The lowest BCUT2D eigenvalue weighted by molar-refractivity contribution is 0.390. The van der Waals surface area contributed by atoms with Gasteiger partial charge in [0.2, 0.25) is 5.95 Å². The molecule has 5 rings (SSSR count). The normalized spacial score (nSPS) is 16.0.